The molecule has 11 heteroatoms. The number of urea groups is 1. The Bertz CT molecular complexity index is 887. The van der Waals surface area contributed by atoms with Gasteiger partial charge in [-0.1, -0.05) is 0 Å². The van der Waals surface area contributed by atoms with Crippen molar-refractivity contribution in [3.63, 3.8) is 0 Å². The maximum Gasteiger partial charge on any atom is 0.319 e. The van der Waals surface area contributed by atoms with Crippen LogP contribution in [0.25, 0.3) is 0 Å². The van der Waals surface area contributed by atoms with Gasteiger partial charge in [0.15, 0.2) is 0 Å². The van der Waals surface area contributed by atoms with Gasteiger partial charge in [0.2, 0.25) is 16.0 Å². The smallest absolute Gasteiger partial charge is 0.319 e. The van der Waals surface area contributed by atoms with Crippen LogP contribution in [0.1, 0.15) is 0 Å². The number of aromatic nitrogens is 2. The zero-order chi connectivity index (χ0) is 20.0. The van der Waals surface area contributed by atoms with E-state index in [1.807, 2.05) is 4.90 Å². The summed E-state index contributed by atoms with van der Waals surface area (Å²) in [4.78, 5) is 22.1. The minimum Gasteiger partial charge on any atom is -0.338 e. The summed E-state index contributed by atoms with van der Waals surface area (Å²) in [5.41, 5.74) is 0.418. The van der Waals surface area contributed by atoms with E-state index in [9.17, 15) is 17.6 Å². The first-order chi connectivity index (χ1) is 13.4. The molecule has 9 nitrogen and oxygen atoms in total. The van der Waals surface area contributed by atoms with Crippen molar-refractivity contribution in [1.82, 2.24) is 19.6 Å². The molecule has 0 aliphatic carbocycles. The minimum absolute atomic E-state index is 0.0304. The Morgan fingerprint density at radius 1 is 1.07 bits per heavy atom. The highest BCUT2D eigenvalue weighted by atomic mass is 32.2. The van der Waals surface area contributed by atoms with Crippen LogP contribution in [0.4, 0.5) is 20.8 Å². The predicted molar refractivity (Wildman–Crippen MR) is 103 cm³/mol. The van der Waals surface area contributed by atoms with Crippen LogP contribution in [-0.2, 0) is 10.0 Å². The molecule has 1 aromatic heterocycles. The summed E-state index contributed by atoms with van der Waals surface area (Å²) in [6.45, 7) is 1.64. The van der Waals surface area contributed by atoms with Crippen molar-refractivity contribution in [2.24, 2.45) is 0 Å². The van der Waals surface area contributed by atoms with E-state index in [1.165, 1.54) is 28.6 Å². The van der Waals surface area contributed by atoms with Crippen LogP contribution < -0.4 is 15.5 Å². The second-order valence-corrected chi connectivity index (χ2v) is 8.23. The lowest BCUT2D eigenvalue weighted by Gasteiger charge is -2.33. The molecule has 150 valence electrons. The maximum atomic E-state index is 12.8. The number of hydrogen-bond donors (Lipinski definition) is 2. The molecule has 28 heavy (non-hydrogen) atoms. The van der Waals surface area contributed by atoms with E-state index in [1.54, 1.807) is 18.5 Å². The summed E-state index contributed by atoms with van der Waals surface area (Å²) >= 11 is 0. The minimum atomic E-state index is -3.49. The van der Waals surface area contributed by atoms with E-state index < -0.39 is 21.9 Å². The summed E-state index contributed by atoms with van der Waals surface area (Å²) in [5.74, 6) is -0.0271. The molecule has 0 bridgehead atoms. The topological polar surface area (TPSA) is 108 Å². The molecule has 0 spiro atoms. The maximum absolute atomic E-state index is 12.8. The number of rotatable bonds is 6. The molecule has 2 heterocycles. The number of hydrogen-bond acceptors (Lipinski definition) is 6. The molecule has 0 atom stereocenters. The third-order valence-corrected chi connectivity index (χ3v) is 6.09. The van der Waals surface area contributed by atoms with Crippen molar-refractivity contribution in [3.8, 4) is 0 Å². The van der Waals surface area contributed by atoms with Crippen LogP contribution in [0.15, 0.2) is 42.7 Å². The number of carbonyl (C=O) groups is 1. The van der Waals surface area contributed by atoms with Gasteiger partial charge in [0.05, 0.1) is 5.75 Å². The summed E-state index contributed by atoms with van der Waals surface area (Å²) in [6, 6.07) is 6.46. The van der Waals surface area contributed by atoms with E-state index in [2.05, 4.69) is 20.6 Å². The summed E-state index contributed by atoms with van der Waals surface area (Å²) in [7, 11) is -3.49. The van der Waals surface area contributed by atoms with Crippen molar-refractivity contribution in [2.45, 2.75) is 0 Å². The number of amides is 2. The Morgan fingerprint density at radius 2 is 1.71 bits per heavy atom. The molecule has 1 aliphatic heterocycles. The Morgan fingerprint density at radius 3 is 2.36 bits per heavy atom. The Hall–Kier alpha value is -2.79. The third-order valence-electron chi connectivity index (χ3n) is 4.21. The lowest BCUT2D eigenvalue weighted by molar-refractivity contribution is 0.252. The average molecular weight is 408 g/mol. The van der Waals surface area contributed by atoms with E-state index in [0.29, 0.717) is 37.8 Å². The monoisotopic (exact) mass is 408 g/mol. The molecule has 2 aromatic rings. The number of carbonyl (C=O) groups excluding carboxylic acids is 1. The highest BCUT2D eigenvalue weighted by Crippen LogP contribution is 2.12. The molecule has 3 rings (SSSR count). The summed E-state index contributed by atoms with van der Waals surface area (Å²) < 4.78 is 39.2. The first kappa shape index (κ1) is 20.0. The van der Waals surface area contributed by atoms with Crippen LogP contribution in [0.2, 0.25) is 0 Å². The second kappa shape index (κ2) is 8.93. The summed E-state index contributed by atoms with van der Waals surface area (Å²) in [5, 5.41) is 5.01. The fourth-order valence-electron chi connectivity index (χ4n) is 2.75. The molecule has 0 radical (unpaired) electrons. The SMILES string of the molecule is O=C(NCCS(=O)(=O)N1CCN(c2ncccn2)CC1)Nc1ccc(F)cc1. The third kappa shape index (κ3) is 5.36. The Kier molecular flexibility index (Phi) is 6.37. The number of benzene rings is 1. The zero-order valence-electron chi connectivity index (χ0n) is 15.1. The van der Waals surface area contributed by atoms with E-state index >= 15 is 0 Å². The highest BCUT2D eigenvalue weighted by Gasteiger charge is 2.27. The molecule has 0 unspecified atom stereocenters. The van der Waals surface area contributed by atoms with Crippen LogP contribution in [0, 0.1) is 5.82 Å². The molecular weight excluding hydrogens is 387 g/mol. The normalized spacial score (nSPS) is 15.2. The van der Waals surface area contributed by atoms with Crippen LogP contribution in [0.5, 0.6) is 0 Å². The standard InChI is InChI=1S/C17H21FN6O3S/c18-14-2-4-15(5-3-14)22-17(25)21-8-13-28(26,27)24-11-9-23(10-12-24)16-19-6-1-7-20-16/h1-7H,8-13H2,(H2,21,22,25). The highest BCUT2D eigenvalue weighted by molar-refractivity contribution is 7.89. The van der Waals surface area contributed by atoms with Gasteiger partial charge in [0.1, 0.15) is 5.82 Å². The number of piperazine rings is 1. The summed E-state index contributed by atoms with van der Waals surface area (Å²) in [6.07, 6.45) is 3.29. The van der Waals surface area contributed by atoms with Gasteiger partial charge >= 0.3 is 6.03 Å². The molecule has 2 amide bonds. The van der Waals surface area contributed by atoms with Gasteiger partial charge in [-0.25, -0.2) is 27.6 Å². The Balaban J connectivity index is 1.43. The lowest BCUT2D eigenvalue weighted by Crippen LogP contribution is -2.50. The van der Waals surface area contributed by atoms with Gasteiger partial charge < -0.3 is 15.5 Å². The van der Waals surface area contributed by atoms with Gasteiger partial charge in [-0.05, 0) is 30.3 Å². The fourth-order valence-corrected chi connectivity index (χ4v) is 4.09. The first-order valence-electron chi connectivity index (χ1n) is 8.74. The van der Waals surface area contributed by atoms with Crippen LogP contribution in [0.3, 0.4) is 0 Å². The number of anilines is 2. The lowest BCUT2D eigenvalue weighted by atomic mass is 10.3. The molecule has 1 saturated heterocycles. The molecule has 1 aliphatic rings. The van der Waals surface area contributed by atoms with Crippen LogP contribution >= 0.6 is 0 Å². The molecular formula is C17H21FN6O3S. The zero-order valence-corrected chi connectivity index (χ0v) is 15.9. The number of halogens is 1. The number of sulfonamides is 1. The number of nitrogens with zero attached hydrogens (tertiary/aromatic N) is 4. The second-order valence-electron chi connectivity index (χ2n) is 6.14. The van der Waals surface area contributed by atoms with Crippen molar-refractivity contribution in [2.75, 3.05) is 48.7 Å². The van der Waals surface area contributed by atoms with E-state index in [-0.39, 0.29) is 12.3 Å². The van der Waals surface area contributed by atoms with Gasteiger partial charge in [-0.15, -0.1) is 0 Å². The fraction of sp³-hybridized carbons (Fsp3) is 0.353. The van der Waals surface area contributed by atoms with Crippen LogP contribution in [-0.4, -0.2) is 67.2 Å². The molecule has 1 aromatic carbocycles. The van der Waals surface area contributed by atoms with Crippen molar-refractivity contribution in [3.05, 3.63) is 48.5 Å². The van der Waals surface area contributed by atoms with Gasteiger partial charge in [-0.3, -0.25) is 0 Å². The quantitative estimate of drug-likeness (QED) is 0.735. The van der Waals surface area contributed by atoms with Gasteiger partial charge in [0.25, 0.3) is 0 Å². The number of nitrogens with one attached hydrogen (secondary N) is 2. The van der Waals surface area contributed by atoms with Gasteiger partial charge in [0, 0.05) is 50.8 Å². The van der Waals surface area contributed by atoms with Crippen molar-refractivity contribution in [1.29, 1.82) is 0 Å². The van der Waals surface area contributed by atoms with Crippen molar-refractivity contribution < 1.29 is 17.6 Å². The van der Waals surface area contributed by atoms with Crippen molar-refractivity contribution >= 4 is 27.7 Å². The average Bonchev–Trinajstić information content (AvgIpc) is 2.70. The Labute approximate surface area is 162 Å². The largest absolute Gasteiger partial charge is 0.338 e. The molecule has 2 N–H and O–H groups in total. The van der Waals surface area contributed by atoms with E-state index in [4.69, 9.17) is 0 Å². The predicted octanol–water partition coefficient (Wildman–Crippen LogP) is 0.889. The molecule has 0 saturated carbocycles. The first-order valence-corrected chi connectivity index (χ1v) is 10.4. The molecule has 1 fully saturated rings. The van der Waals surface area contributed by atoms with E-state index in [0.717, 1.165) is 0 Å². The van der Waals surface area contributed by atoms with Gasteiger partial charge in [-0.2, -0.15) is 4.31 Å².